The quantitative estimate of drug-likeness (QED) is 0.470. The zero-order valence-corrected chi connectivity index (χ0v) is 19.9. The molecule has 2 aromatic carbocycles. The molecule has 10 heteroatoms. The molecule has 0 bridgehead atoms. The summed E-state index contributed by atoms with van der Waals surface area (Å²) in [5.41, 5.74) is 2.30. The number of carbonyl (C=O) groups excluding carboxylic acids is 1. The second-order valence-corrected chi connectivity index (χ2v) is 9.05. The van der Waals surface area contributed by atoms with Crippen LogP contribution in [-0.4, -0.2) is 59.5 Å². The minimum atomic E-state index is -0.173. The Morgan fingerprint density at radius 2 is 1.91 bits per heavy atom. The predicted octanol–water partition coefficient (Wildman–Crippen LogP) is 4.92. The number of likely N-dealkylation sites (N-methyl/N-ethyl adjacent to an activating group) is 1. The molecule has 4 rings (SSSR count). The molecule has 168 valence electrons. The third-order valence-corrected chi connectivity index (χ3v) is 6.56. The average Bonchev–Trinajstić information content (AvgIpc) is 3.27. The molecule has 1 aliphatic rings. The molecule has 1 saturated heterocycles. The van der Waals surface area contributed by atoms with Crippen molar-refractivity contribution < 1.29 is 9.21 Å². The molecule has 0 aliphatic carbocycles. The first-order chi connectivity index (χ1) is 15.5. The Balaban J connectivity index is 1.38. The first-order valence-electron chi connectivity index (χ1n) is 10.3. The highest BCUT2D eigenvalue weighted by atomic mass is 35.5. The lowest BCUT2D eigenvalue weighted by Crippen LogP contribution is -2.46. The van der Waals surface area contributed by atoms with Crippen molar-refractivity contribution in [3.05, 3.63) is 52.5 Å². The SMILES string of the molecule is CCN1CCN(c2c(Cl)cccc2NC(=O)CSc2nnc(-c3cccc(Cl)c3)o2)CC1. The van der Waals surface area contributed by atoms with Crippen LogP contribution in [0.2, 0.25) is 10.0 Å². The zero-order valence-electron chi connectivity index (χ0n) is 17.6. The molecule has 2 heterocycles. The zero-order chi connectivity index (χ0) is 22.5. The van der Waals surface area contributed by atoms with Crippen LogP contribution >= 0.6 is 35.0 Å². The van der Waals surface area contributed by atoms with Gasteiger partial charge in [0.05, 0.1) is 22.2 Å². The lowest BCUT2D eigenvalue weighted by Gasteiger charge is -2.36. The number of hydrogen-bond acceptors (Lipinski definition) is 7. The van der Waals surface area contributed by atoms with E-state index in [-0.39, 0.29) is 11.7 Å². The molecule has 0 saturated carbocycles. The maximum absolute atomic E-state index is 12.6. The second kappa shape index (κ2) is 10.6. The van der Waals surface area contributed by atoms with Gasteiger partial charge in [0.1, 0.15) is 0 Å². The van der Waals surface area contributed by atoms with Crippen molar-refractivity contribution in [2.45, 2.75) is 12.1 Å². The summed E-state index contributed by atoms with van der Waals surface area (Å²) in [5, 5.41) is 12.6. The van der Waals surface area contributed by atoms with E-state index in [1.165, 1.54) is 11.8 Å². The van der Waals surface area contributed by atoms with Gasteiger partial charge in [-0.3, -0.25) is 4.79 Å². The van der Waals surface area contributed by atoms with Crippen LogP contribution in [0.25, 0.3) is 11.5 Å². The fraction of sp³-hybridized carbons (Fsp3) is 0.318. The summed E-state index contributed by atoms with van der Waals surface area (Å²) >= 11 is 13.7. The van der Waals surface area contributed by atoms with E-state index in [9.17, 15) is 4.79 Å². The summed E-state index contributed by atoms with van der Waals surface area (Å²) in [4.78, 5) is 17.3. The number of nitrogens with zero attached hydrogens (tertiary/aromatic N) is 4. The molecule has 1 aromatic heterocycles. The lowest BCUT2D eigenvalue weighted by molar-refractivity contribution is -0.113. The molecule has 1 aliphatic heterocycles. The minimum absolute atomic E-state index is 0.132. The van der Waals surface area contributed by atoms with Crippen molar-refractivity contribution in [1.29, 1.82) is 0 Å². The van der Waals surface area contributed by atoms with E-state index in [1.807, 2.05) is 30.3 Å². The Morgan fingerprint density at radius 1 is 1.12 bits per heavy atom. The summed E-state index contributed by atoms with van der Waals surface area (Å²) in [6, 6.07) is 12.7. The number of piperazine rings is 1. The maximum Gasteiger partial charge on any atom is 0.277 e. The van der Waals surface area contributed by atoms with Gasteiger partial charge in [0.2, 0.25) is 11.8 Å². The summed E-state index contributed by atoms with van der Waals surface area (Å²) in [5.74, 6) is 0.319. The molecule has 1 fully saturated rings. The van der Waals surface area contributed by atoms with E-state index in [4.69, 9.17) is 27.6 Å². The summed E-state index contributed by atoms with van der Waals surface area (Å²) in [6.45, 7) is 6.86. The van der Waals surface area contributed by atoms with E-state index in [0.717, 1.165) is 44.0 Å². The number of nitrogens with one attached hydrogen (secondary N) is 1. The van der Waals surface area contributed by atoms with Crippen LogP contribution in [0.3, 0.4) is 0 Å². The highest BCUT2D eigenvalue weighted by Gasteiger charge is 2.21. The monoisotopic (exact) mass is 491 g/mol. The van der Waals surface area contributed by atoms with Gasteiger partial charge in [-0.15, -0.1) is 10.2 Å². The number of hydrogen-bond donors (Lipinski definition) is 1. The molecule has 1 amide bonds. The smallest absolute Gasteiger partial charge is 0.277 e. The van der Waals surface area contributed by atoms with E-state index >= 15 is 0 Å². The Morgan fingerprint density at radius 3 is 2.66 bits per heavy atom. The number of para-hydroxylation sites is 1. The summed E-state index contributed by atoms with van der Waals surface area (Å²) < 4.78 is 5.65. The maximum atomic E-state index is 12.6. The van der Waals surface area contributed by atoms with E-state index in [1.54, 1.807) is 12.1 Å². The standard InChI is InChI=1S/C22H23Cl2N5O2S/c1-2-28-9-11-29(12-10-28)20-17(24)7-4-8-18(20)25-19(30)14-32-22-27-26-21(31-22)15-5-3-6-16(23)13-15/h3-8,13H,2,9-12,14H2,1H3,(H,25,30). The first-order valence-corrected chi connectivity index (χ1v) is 12.1. The Kier molecular flexibility index (Phi) is 7.57. The molecule has 7 nitrogen and oxygen atoms in total. The normalized spacial score (nSPS) is 14.5. The van der Waals surface area contributed by atoms with Gasteiger partial charge in [-0.1, -0.05) is 54.0 Å². The van der Waals surface area contributed by atoms with Crippen molar-refractivity contribution in [2.75, 3.05) is 48.7 Å². The van der Waals surface area contributed by atoms with Gasteiger partial charge < -0.3 is 19.5 Å². The molecule has 3 aromatic rings. The van der Waals surface area contributed by atoms with Crippen LogP contribution in [0.1, 0.15) is 6.92 Å². The highest BCUT2D eigenvalue weighted by molar-refractivity contribution is 7.99. The van der Waals surface area contributed by atoms with Crippen LogP contribution in [-0.2, 0) is 4.79 Å². The number of aromatic nitrogens is 2. The minimum Gasteiger partial charge on any atom is -0.411 e. The Bertz CT molecular complexity index is 1090. The number of carbonyl (C=O) groups is 1. The molecule has 1 N–H and O–H groups in total. The van der Waals surface area contributed by atoms with Gasteiger partial charge in [0.25, 0.3) is 5.22 Å². The molecular weight excluding hydrogens is 469 g/mol. The fourth-order valence-electron chi connectivity index (χ4n) is 3.55. The van der Waals surface area contributed by atoms with Crippen LogP contribution in [0, 0.1) is 0 Å². The molecule has 0 unspecified atom stereocenters. The van der Waals surface area contributed by atoms with Crippen molar-refractivity contribution in [1.82, 2.24) is 15.1 Å². The van der Waals surface area contributed by atoms with Gasteiger partial charge in [-0.05, 0) is 36.9 Å². The van der Waals surface area contributed by atoms with Gasteiger partial charge >= 0.3 is 0 Å². The van der Waals surface area contributed by atoms with Crippen molar-refractivity contribution in [2.24, 2.45) is 0 Å². The fourth-order valence-corrected chi connectivity index (χ4v) is 4.59. The molecule has 0 atom stereocenters. The number of halogens is 2. The number of thioether (sulfide) groups is 1. The Hall–Kier alpha value is -2.26. The topological polar surface area (TPSA) is 74.5 Å². The average molecular weight is 492 g/mol. The van der Waals surface area contributed by atoms with Crippen molar-refractivity contribution in [3.63, 3.8) is 0 Å². The first kappa shape index (κ1) is 22.9. The number of rotatable bonds is 7. The molecular formula is C22H23Cl2N5O2S. The number of benzene rings is 2. The van der Waals surface area contributed by atoms with Crippen molar-refractivity contribution >= 4 is 52.2 Å². The van der Waals surface area contributed by atoms with E-state index in [2.05, 4.69) is 32.2 Å². The third kappa shape index (κ3) is 5.56. The van der Waals surface area contributed by atoms with Gasteiger partial charge in [-0.2, -0.15) is 0 Å². The molecule has 0 radical (unpaired) electrons. The van der Waals surface area contributed by atoms with Crippen LogP contribution in [0.5, 0.6) is 0 Å². The largest absolute Gasteiger partial charge is 0.411 e. The molecule has 32 heavy (non-hydrogen) atoms. The third-order valence-electron chi connectivity index (χ3n) is 5.20. The second-order valence-electron chi connectivity index (χ2n) is 7.28. The Labute approximate surface area is 201 Å². The predicted molar refractivity (Wildman–Crippen MR) is 130 cm³/mol. The van der Waals surface area contributed by atoms with Crippen molar-refractivity contribution in [3.8, 4) is 11.5 Å². The van der Waals surface area contributed by atoms with Gasteiger partial charge in [0.15, 0.2) is 0 Å². The number of amides is 1. The van der Waals surface area contributed by atoms with Gasteiger partial charge in [0, 0.05) is 36.8 Å². The van der Waals surface area contributed by atoms with Crippen LogP contribution < -0.4 is 10.2 Å². The van der Waals surface area contributed by atoms with Gasteiger partial charge in [-0.25, -0.2) is 0 Å². The van der Waals surface area contributed by atoms with Crippen LogP contribution in [0.15, 0.2) is 52.1 Å². The summed E-state index contributed by atoms with van der Waals surface area (Å²) in [6.07, 6.45) is 0. The van der Waals surface area contributed by atoms with E-state index in [0.29, 0.717) is 26.8 Å². The molecule has 0 spiro atoms. The van der Waals surface area contributed by atoms with Crippen LogP contribution in [0.4, 0.5) is 11.4 Å². The van der Waals surface area contributed by atoms with E-state index < -0.39 is 0 Å². The number of anilines is 2. The lowest BCUT2D eigenvalue weighted by atomic mass is 10.2. The summed E-state index contributed by atoms with van der Waals surface area (Å²) in [7, 11) is 0. The highest BCUT2D eigenvalue weighted by Crippen LogP contribution is 2.35.